The van der Waals surface area contributed by atoms with Crippen LogP contribution >= 0.6 is 0 Å². The Morgan fingerprint density at radius 2 is 0.671 bits per heavy atom. The van der Waals surface area contributed by atoms with Gasteiger partial charge in [0.15, 0.2) is 5.58 Å². The number of aromatic nitrogens is 5. The summed E-state index contributed by atoms with van der Waals surface area (Å²) >= 11 is 0. The molecule has 0 spiro atoms. The van der Waals surface area contributed by atoms with Crippen LogP contribution in [-0.4, -0.2) is 23.7 Å². The van der Waals surface area contributed by atoms with Crippen LogP contribution in [-0.2, 0) is 0 Å². The van der Waals surface area contributed by atoms with Crippen LogP contribution in [0.1, 0.15) is 0 Å². The lowest BCUT2D eigenvalue weighted by Crippen LogP contribution is -2.02. The highest BCUT2D eigenvalue weighted by Gasteiger charge is 2.23. The van der Waals surface area contributed by atoms with Crippen molar-refractivity contribution in [3.8, 4) is 50.8 Å². The number of hydrogen-bond acceptors (Lipinski definition) is 3. The van der Waals surface area contributed by atoms with Crippen molar-refractivity contribution in [2.24, 2.45) is 0 Å². The van der Waals surface area contributed by atoms with Gasteiger partial charge in [0.2, 0.25) is 5.95 Å². The second kappa shape index (κ2) is 15.0. The summed E-state index contributed by atoms with van der Waals surface area (Å²) in [5, 5.41) is 8.08. The average Bonchev–Trinajstić information content (AvgIpc) is 4.17. The van der Waals surface area contributed by atoms with E-state index < -0.39 is 0 Å². The molecule has 0 aliphatic rings. The van der Waals surface area contributed by atoms with Crippen molar-refractivity contribution in [1.82, 2.24) is 23.7 Å². The van der Waals surface area contributed by atoms with Gasteiger partial charge in [0, 0.05) is 54.6 Å². The highest BCUT2D eigenvalue weighted by atomic mass is 16.3. The smallest absolute Gasteiger partial charge is 0.236 e. The van der Waals surface area contributed by atoms with E-state index in [9.17, 15) is 0 Å². The summed E-state index contributed by atoms with van der Waals surface area (Å²) in [7, 11) is 0. The van der Waals surface area contributed by atoms with E-state index in [1.165, 1.54) is 43.6 Å². The van der Waals surface area contributed by atoms with Gasteiger partial charge in [0.05, 0.1) is 33.1 Å². The number of benzene rings is 10. The molecule has 6 nitrogen and oxygen atoms in total. The standard InChI is InChI=1S/C64H39N5O/c1-4-16-40(17-5-1)61-63-62(53-39-44(31-35-60(53)70-63)43-29-33-58-51(37-43)48-23-11-14-26-55(48)68(58)46-20-8-3-9-21-46)66-64(65-61)69-56-27-15-12-24-49(56)52-38-42(30-34-59(52)69)41-28-32-57-50(36-41)47-22-10-13-25-54(47)67(57)45-18-6-2-7-19-45/h1-39H. The lowest BCUT2D eigenvalue weighted by molar-refractivity contribution is 0.666. The molecule has 10 aromatic carbocycles. The molecule has 0 saturated carbocycles. The van der Waals surface area contributed by atoms with Crippen molar-refractivity contribution in [2.45, 2.75) is 0 Å². The third kappa shape index (κ3) is 5.74. The number of para-hydroxylation sites is 5. The second-order valence-electron chi connectivity index (χ2n) is 18.2. The van der Waals surface area contributed by atoms with Crippen LogP contribution < -0.4 is 0 Å². The molecule has 5 heterocycles. The number of hydrogen-bond donors (Lipinski definition) is 0. The zero-order chi connectivity index (χ0) is 45.9. The first-order valence-corrected chi connectivity index (χ1v) is 23.7. The van der Waals surface area contributed by atoms with Gasteiger partial charge in [-0.05, 0) is 113 Å². The minimum atomic E-state index is 0.587. The van der Waals surface area contributed by atoms with Crippen molar-refractivity contribution in [3.05, 3.63) is 237 Å². The van der Waals surface area contributed by atoms with Gasteiger partial charge in [-0.25, -0.2) is 9.97 Å². The van der Waals surface area contributed by atoms with E-state index in [-0.39, 0.29) is 0 Å². The molecule has 5 aromatic heterocycles. The summed E-state index contributed by atoms with van der Waals surface area (Å²) in [6.45, 7) is 0. The minimum absolute atomic E-state index is 0.587. The molecule has 0 N–H and O–H groups in total. The Kier molecular flexibility index (Phi) is 8.26. The maximum atomic E-state index is 6.77. The topological polar surface area (TPSA) is 53.7 Å². The van der Waals surface area contributed by atoms with Gasteiger partial charge in [0.25, 0.3) is 0 Å². The van der Waals surface area contributed by atoms with E-state index in [0.717, 1.165) is 83.2 Å². The number of rotatable bonds is 6. The van der Waals surface area contributed by atoms with Crippen molar-refractivity contribution >= 4 is 87.5 Å². The van der Waals surface area contributed by atoms with Gasteiger partial charge >= 0.3 is 0 Å². The highest BCUT2D eigenvalue weighted by molar-refractivity contribution is 6.14. The molecule has 15 rings (SSSR count). The van der Waals surface area contributed by atoms with E-state index in [1.807, 2.05) is 18.2 Å². The first kappa shape index (κ1) is 38.6. The van der Waals surface area contributed by atoms with Crippen LogP contribution in [0.5, 0.6) is 0 Å². The molecule has 326 valence electrons. The van der Waals surface area contributed by atoms with Gasteiger partial charge < -0.3 is 13.6 Å². The van der Waals surface area contributed by atoms with Crippen LogP contribution in [0, 0.1) is 0 Å². The zero-order valence-corrected chi connectivity index (χ0v) is 37.7. The number of fused-ring (bicyclic) bond motifs is 12. The molecule has 0 unspecified atom stereocenters. The van der Waals surface area contributed by atoms with Crippen molar-refractivity contribution < 1.29 is 4.42 Å². The van der Waals surface area contributed by atoms with Crippen LogP contribution in [0.15, 0.2) is 241 Å². The van der Waals surface area contributed by atoms with Gasteiger partial charge in [-0.1, -0.05) is 146 Å². The summed E-state index contributed by atoms with van der Waals surface area (Å²) in [5.74, 6) is 0.587. The predicted octanol–water partition coefficient (Wildman–Crippen LogP) is 16.7. The van der Waals surface area contributed by atoms with E-state index >= 15 is 0 Å². The van der Waals surface area contributed by atoms with Gasteiger partial charge in [-0.3, -0.25) is 4.57 Å². The maximum Gasteiger partial charge on any atom is 0.236 e. The van der Waals surface area contributed by atoms with Crippen molar-refractivity contribution in [1.29, 1.82) is 0 Å². The molecular formula is C64H39N5O. The summed E-state index contributed by atoms with van der Waals surface area (Å²) in [5.41, 5.74) is 17.5. The Hall–Kier alpha value is -9.52. The van der Waals surface area contributed by atoms with Crippen LogP contribution in [0.4, 0.5) is 0 Å². The van der Waals surface area contributed by atoms with E-state index in [2.05, 4.69) is 232 Å². The molecule has 0 atom stereocenters. The van der Waals surface area contributed by atoms with Crippen LogP contribution in [0.25, 0.3) is 138 Å². The normalized spacial score (nSPS) is 12.0. The molecule has 0 aliphatic carbocycles. The lowest BCUT2D eigenvalue weighted by Gasteiger charge is -2.10. The van der Waals surface area contributed by atoms with E-state index in [1.54, 1.807) is 0 Å². The molecule has 6 heteroatoms. The fourth-order valence-corrected chi connectivity index (χ4v) is 11.1. The van der Waals surface area contributed by atoms with Crippen molar-refractivity contribution in [2.75, 3.05) is 0 Å². The van der Waals surface area contributed by atoms with E-state index in [0.29, 0.717) is 11.5 Å². The Labute approximate surface area is 401 Å². The maximum absolute atomic E-state index is 6.77. The first-order chi connectivity index (χ1) is 34.7. The lowest BCUT2D eigenvalue weighted by atomic mass is 10.0. The molecule has 0 radical (unpaired) electrons. The SMILES string of the molecule is c1ccc(-c2nc(-n3c4ccccc4c4cc(-c5ccc6c(c5)c5ccccc5n6-c5ccccc5)ccc43)nc3c2oc2ccc(-c4ccc5c(c4)c4ccccc4n5-c4ccccc4)cc23)cc1. The van der Waals surface area contributed by atoms with Gasteiger partial charge in [0.1, 0.15) is 16.8 Å². The van der Waals surface area contributed by atoms with Gasteiger partial charge in [-0.15, -0.1) is 0 Å². The zero-order valence-electron chi connectivity index (χ0n) is 37.7. The minimum Gasteiger partial charge on any atom is -0.452 e. The van der Waals surface area contributed by atoms with Crippen LogP contribution in [0.3, 0.4) is 0 Å². The summed E-state index contributed by atoms with van der Waals surface area (Å²) in [6, 6.07) is 84.4. The Morgan fingerprint density at radius 3 is 1.17 bits per heavy atom. The molecule has 0 bridgehead atoms. The Bertz CT molecular complexity index is 4580. The average molecular weight is 894 g/mol. The fourth-order valence-electron chi connectivity index (χ4n) is 11.1. The summed E-state index contributed by atoms with van der Waals surface area (Å²) < 4.78 is 13.7. The van der Waals surface area contributed by atoms with Crippen molar-refractivity contribution in [3.63, 3.8) is 0 Å². The summed E-state index contributed by atoms with van der Waals surface area (Å²) in [6.07, 6.45) is 0. The monoisotopic (exact) mass is 893 g/mol. The predicted molar refractivity (Wildman–Crippen MR) is 289 cm³/mol. The summed E-state index contributed by atoms with van der Waals surface area (Å²) in [4.78, 5) is 10.9. The highest BCUT2D eigenvalue weighted by Crippen LogP contribution is 2.42. The molecule has 0 fully saturated rings. The Balaban J connectivity index is 0.906. The van der Waals surface area contributed by atoms with Crippen LogP contribution in [0.2, 0.25) is 0 Å². The van der Waals surface area contributed by atoms with Gasteiger partial charge in [-0.2, -0.15) is 0 Å². The number of furan rings is 1. The number of nitrogens with zero attached hydrogens (tertiary/aromatic N) is 5. The second-order valence-corrected chi connectivity index (χ2v) is 18.2. The largest absolute Gasteiger partial charge is 0.452 e. The quantitative estimate of drug-likeness (QED) is 0.167. The molecular weight excluding hydrogens is 855 g/mol. The first-order valence-electron chi connectivity index (χ1n) is 23.7. The Morgan fingerprint density at radius 1 is 0.286 bits per heavy atom. The molecule has 0 aliphatic heterocycles. The third-order valence-corrected chi connectivity index (χ3v) is 14.3. The molecule has 0 amide bonds. The molecule has 70 heavy (non-hydrogen) atoms. The van der Waals surface area contributed by atoms with E-state index in [4.69, 9.17) is 14.4 Å². The molecule has 15 aromatic rings. The fraction of sp³-hybridized carbons (Fsp3) is 0. The third-order valence-electron chi connectivity index (χ3n) is 14.3. The molecule has 0 saturated heterocycles.